The van der Waals surface area contributed by atoms with Crippen molar-refractivity contribution in [2.75, 3.05) is 6.54 Å². The molecule has 0 saturated heterocycles. The van der Waals surface area contributed by atoms with Crippen molar-refractivity contribution in [3.05, 3.63) is 0 Å². The Morgan fingerprint density at radius 1 is 1.38 bits per heavy atom. The van der Waals surface area contributed by atoms with Gasteiger partial charge in [-0.05, 0) is 12.8 Å². The summed E-state index contributed by atoms with van der Waals surface area (Å²) in [6, 6.07) is 0.364. The molecule has 0 atom stereocenters. The van der Waals surface area contributed by atoms with Gasteiger partial charge in [-0.25, -0.2) is 0 Å². The highest BCUT2D eigenvalue weighted by atomic mass is 16.2. The maximum atomic E-state index is 11.1. The van der Waals surface area contributed by atoms with Crippen LogP contribution >= 0.6 is 0 Å². The van der Waals surface area contributed by atoms with Crippen LogP contribution < -0.4 is 10.6 Å². The molecule has 1 aliphatic rings. The smallest absolute Gasteiger partial charge is 0.239 e. The molecule has 1 rings (SSSR count). The highest BCUT2D eigenvalue weighted by Crippen LogP contribution is 2.18. The van der Waals surface area contributed by atoms with Gasteiger partial charge in [0.1, 0.15) is 0 Å². The first kappa shape index (κ1) is 10.0. The molecule has 74 valence electrons. The lowest BCUT2D eigenvalue weighted by Gasteiger charge is -2.07. The number of carbonyl (C=O) groups excluding carboxylic acids is 2. The molecule has 0 bridgehead atoms. The largest absolute Gasteiger partial charge is 0.352 e. The summed E-state index contributed by atoms with van der Waals surface area (Å²) in [5.41, 5.74) is 0. The summed E-state index contributed by atoms with van der Waals surface area (Å²) in [6.45, 7) is 3.70. The molecule has 0 radical (unpaired) electrons. The molecule has 0 aromatic carbocycles. The summed E-state index contributed by atoms with van der Waals surface area (Å²) in [6.07, 6.45) is 2.15. The van der Waals surface area contributed by atoms with Crippen LogP contribution in [0.1, 0.15) is 26.7 Å². The number of carbonyl (C=O) groups is 2. The summed E-state index contributed by atoms with van der Waals surface area (Å²) in [5, 5.41) is 5.36. The Morgan fingerprint density at radius 2 is 2.00 bits per heavy atom. The van der Waals surface area contributed by atoms with Crippen LogP contribution in [0.3, 0.4) is 0 Å². The molecule has 1 aliphatic carbocycles. The number of hydrogen-bond acceptors (Lipinski definition) is 2. The first-order chi connectivity index (χ1) is 6.09. The molecule has 4 heteroatoms. The van der Waals surface area contributed by atoms with E-state index < -0.39 is 0 Å². The Hall–Kier alpha value is -1.06. The Bertz CT molecular complexity index is 210. The Balaban J connectivity index is 2.09. The fourth-order valence-electron chi connectivity index (χ4n) is 0.878. The van der Waals surface area contributed by atoms with Crippen molar-refractivity contribution in [2.24, 2.45) is 5.92 Å². The van der Waals surface area contributed by atoms with Crippen molar-refractivity contribution in [1.29, 1.82) is 0 Å². The van der Waals surface area contributed by atoms with E-state index in [1.165, 1.54) is 0 Å². The minimum Gasteiger partial charge on any atom is -0.352 e. The number of amides is 2. The quantitative estimate of drug-likeness (QED) is 0.648. The molecule has 2 amide bonds. The second-order valence-corrected chi connectivity index (χ2v) is 3.71. The van der Waals surface area contributed by atoms with Crippen LogP contribution in [0, 0.1) is 5.92 Å². The van der Waals surface area contributed by atoms with Gasteiger partial charge < -0.3 is 10.6 Å². The van der Waals surface area contributed by atoms with Crippen molar-refractivity contribution in [3.63, 3.8) is 0 Å². The second kappa shape index (κ2) is 4.25. The maximum Gasteiger partial charge on any atom is 0.239 e. The highest BCUT2D eigenvalue weighted by molar-refractivity contribution is 5.85. The molecule has 0 aliphatic heterocycles. The average molecular weight is 184 g/mol. The molecule has 13 heavy (non-hydrogen) atoms. The van der Waals surface area contributed by atoms with Crippen LogP contribution in [0.25, 0.3) is 0 Å². The van der Waals surface area contributed by atoms with Crippen molar-refractivity contribution in [3.8, 4) is 0 Å². The summed E-state index contributed by atoms with van der Waals surface area (Å²) >= 11 is 0. The molecule has 2 N–H and O–H groups in total. The van der Waals surface area contributed by atoms with Gasteiger partial charge in [-0.3, -0.25) is 9.59 Å². The molecule has 0 aromatic rings. The lowest BCUT2D eigenvalue weighted by molar-refractivity contribution is -0.127. The van der Waals surface area contributed by atoms with Crippen LogP contribution in [-0.4, -0.2) is 24.4 Å². The second-order valence-electron chi connectivity index (χ2n) is 3.71. The van der Waals surface area contributed by atoms with Crippen molar-refractivity contribution < 1.29 is 9.59 Å². The number of rotatable bonds is 4. The highest BCUT2D eigenvalue weighted by Gasteiger charge is 2.23. The van der Waals surface area contributed by atoms with Crippen LogP contribution in [-0.2, 0) is 9.59 Å². The van der Waals surface area contributed by atoms with E-state index in [-0.39, 0.29) is 24.3 Å². The fourth-order valence-corrected chi connectivity index (χ4v) is 0.878. The van der Waals surface area contributed by atoms with E-state index in [1.54, 1.807) is 13.8 Å². The third-order valence-electron chi connectivity index (χ3n) is 1.89. The van der Waals surface area contributed by atoms with Gasteiger partial charge in [0.05, 0.1) is 6.54 Å². The summed E-state index contributed by atoms with van der Waals surface area (Å²) in [5.74, 6) is -0.226. The van der Waals surface area contributed by atoms with Crippen LogP contribution in [0.5, 0.6) is 0 Å². The van der Waals surface area contributed by atoms with E-state index in [4.69, 9.17) is 0 Å². The van der Waals surface area contributed by atoms with Crippen molar-refractivity contribution in [2.45, 2.75) is 32.7 Å². The summed E-state index contributed by atoms with van der Waals surface area (Å²) < 4.78 is 0. The molecule has 1 saturated carbocycles. The van der Waals surface area contributed by atoms with Gasteiger partial charge in [-0.2, -0.15) is 0 Å². The predicted molar refractivity (Wildman–Crippen MR) is 49.0 cm³/mol. The molecule has 0 spiro atoms. The van der Waals surface area contributed by atoms with Gasteiger partial charge in [0, 0.05) is 12.0 Å². The van der Waals surface area contributed by atoms with Crippen molar-refractivity contribution >= 4 is 11.8 Å². The van der Waals surface area contributed by atoms with Gasteiger partial charge in [-0.1, -0.05) is 13.8 Å². The number of hydrogen-bond donors (Lipinski definition) is 2. The third kappa shape index (κ3) is 3.92. The maximum absolute atomic E-state index is 11.1. The van der Waals surface area contributed by atoms with Crippen LogP contribution in [0.4, 0.5) is 0 Å². The van der Waals surface area contributed by atoms with Gasteiger partial charge in [0.15, 0.2) is 0 Å². The first-order valence-electron chi connectivity index (χ1n) is 4.66. The first-order valence-corrected chi connectivity index (χ1v) is 4.66. The molecule has 1 fully saturated rings. The fraction of sp³-hybridized carbons (Fsp3) is 0.778. The lowest BCUT2D eigenvalue weighted by atomic mass is 10.2. The molecule has 0 heterocycles. The van der Waals surface area contributed by atoms with E-state index in [9.17, 15) is 9.59 Å². The molecular weight excluding hydrogens is 168 g/mol. The van der Waals surface area contributed by atoms with E-state index in [1.807, 2.05) is 0 Å². The zero-order chi connectivity index (χ0) is 9.84. The average Bonchev–Trinajstić information content (AvgIpc) is 2.83. The number of nitrogens with one attached hydrogen (secondary N) is 2. The Morgan fingerprint density at radius 3 is 2.46 bits per heavy atom. The topological polar surface area (TPSA) is 58.2 Å². The molecular formula is C9H16N2O2. The zero-order valence-corrected chi connectivity index (χ0v) is 8.09. The minimum absolute atomic E-state index is 0.0614. The Kier molecular flexibility index (Phi) is 3.28. The molecule has 4 nitrogen and oxygen atoms in total. The summed E-state index contributed by atoms with van der Waals surface area (Å²) in [7, 11) is 0. The van der Waals surface area contributed by atoms with Gasteiger partial charge >= 0.3 is 0 Å². The molecule has 0 unspecified atom stereocenters. The minimum atomic E-state index is -0.0866. The molecule has 0 aromatic heterocycles. The summed E-state index contributed by atoms with van der Waals surface area (Å²) in [4.78, 5) is 22.2. The standard InChI is InChI=1S/C9H16N2O2/c1-6(2)9(13)10-5-8(12)11-7-3-4-7/h6-7H,3-5H2,1-2H3,(H,10,13)(H,11,12). The predicted octanol–water partition coefficient (Wildman–Crippen LogP) is 0.0372. The Labute approximate surface area is 78.1 Å². The van der Waals surface area contributed by atoms with Crippen LogP contribution in [0.2, 0.25) is 0 Å². The van der Waals surface area contributed by atoms with Gasteiger partial charge in [0.2, 0.25) is 11.8 Å². The van der Waals surface area contributed by atoms with E-state index >= 15 is 0 Å². The van der Waals surface area contributed by atoms with Crippen LogP contribution in [0.15, 0.2) is 0 Å². The van der Waals surface area contributed by atoms with E-state index in [0.717, 1.165) is 12.8 Å². The SMILES string of the molecule is CC(C)C(=O)NCC(=O)NC1CC1. The third-order valence-corrected chi connectivity index (χ3v) is 1.89. The van der Waals surface area contributed by atoms with Gasteiger partial charge in [0.25, 0.3) is 0 Å². The monoisotopic (exact) mass is 184 g/mol. The normalized spacial score (nSPS) is 15.6. The van der Waals surface area contributed by atoms with E-state index in [0.29, 0.717) is 6.04 Å². The van der Waals surface area contributed by atoms with Gasteiger partial charge in [-0.15, -0.1) is 0 Å². The van der Waals surface area contributed by atoms with Crippen molar-refractivity contribution in [1.82, 2.24) is 10.6 Å². The van der Waals surface area contributed by atoms with E-state index in [2.05, 4.69) is 10.6 Å². The lowest BCUT2D eigenvalue weighted by Crippen LogP contribution is -2.39. The zero-order valence-electron chi connectivity index (χ0n) is 8.09.